The molecule has 0 fully saturated rings. The molecule has 0 saturated carbocycles. The van der Waals surface area contributed by atoms with Gasteiger partial charge in [-0.05, 0) is 38.7 Å². The summed E-state index contributed by atoms with van der Waals surface area (Å²) in [6.07, 6.45) is -0.109. The van der Waals surface area contributed by atoms with Crippen molar-refractivity contribution in [2.24, 2.45) is 5.92 Å². The molecular weight excluding hydrogens is 338 g/mol. The number of benzene rings is 1. The maximum absolute atomic E-state index is 12.3. The first-order valence-electron chi connectivity index (χ1n) is 8.50. The molecule has 144 valence electrons. The second-order valence-corrected chi connectivity index (χ2v) is 7.33. The van der Waals surface area contributed by atoms with E-state index < -0.39 is 22.7 Å². The van der Waals surface area contributed by atoms with Gasteiger partial charge in [0.05, 0.1) is 4.92 Å². The smallest absolute Gasteiger partial charge is 0.408 e. The summed E-state index contributed by atoms with van der Waals surface area (Å²) in [5.74, 6) is -0.408. The molecule has 0 heterocycles. The van der Waals surface area contributed by atoms with Crippen LogP contribution in [0.2, 0.25) is 0 Å². The number of rotatable bonds is 7. The third-order valence-corrected chi connectivity index (χ3v) is 3.48. The van der Waals surface area contributed by atoms with E-state index in [1.165, 1.54) is 12.1 Å². The highest BCUT2D eigenvalue weighted by molar-refractivity contribution is 5.85. The first kappa shape index (κ1) is 21.4. The lowest BCUT2D eigenvalue weighted by atomic mass is 10.0. The summed E-state index contributed by atoms with van der Waals surface area (Å²) in [6.45, 7) is 9.27. The summed E-state index contributed by atoms with van der Waals surface area (Å²) >= 11 is 0. The van der Waals surface area contributed by atoms with E-state index in [-0.39, 0.29) is 17.5 Å². The highest BCUT2D eigenvalue weighted by atomic mass is 16.6. The number of alkyl carbamates (subject to hydrolysis) is 1. The second-order valence-electron chi connectivity index (χ2n) is 7.33. The van der Waals surface area contributed by atoms with Crippen LogP contribution in [0.3, 0.4) is 0 Å². The number of nitro benzene ring substituents is 1. The fraction of sp³-hybridized carbons (Fsp3) is 0.556. The van der Waals surface area contributed by atoms with E-state index in [1.54, 1.807) is 32.9 Å². The number of carbonyl (C=O) groups excluding carboxylic acids is 2. The summed E-state index contributed by atoms with van der Waals surface area (Å²) < 4.78 is 5.19. The Morgan fingerprint density at radius 1 is 1.19 bits per heavy atom. The molecule has 0 aromatic heterocycles. The lowest BCUT2D eigenvalue weighted by Crippen LogP contribution is -2.51. The Morgan fingerprint density at radius 2 is 1.77 bits per heavy atom. The largest absolute Gasteiger partial charge is 0.444 e. The van der Waals surface area contributed by atoms with Gasteiger partial charge in [0.25, 0.3) is 5.69 Å². The molecule has 1 atom stereocenters. The van der Waals surface area contributed by atoms with Crippen LogP contribution in [0, 0.1) is 16.0 Å². The molecular formula is C18H27N3O5. The molecule has 1 aromatic carbocycles. The Labute approximate surface area is 153 Å². The maximum Gasteiger partial charge on any atom is 0.408 e. The number of amides is 2. The summed E-state index contributed by atoms with van der Waals surface area (Å²) in [5, 5.41) is 16.0. The van der Waals surface area contributed by atoms with E-state index in [0.717, 1.165) is 5.56 Å². The van der Waals surface area contributed by atoms with Crippen molar-refractivity contribution in [2.75, 3.05) is 6.54 Å². The molecule has 0 radical (unpaired) electrons. The Balaban J connectivity index is 2.54. The number of hydrogen-bond donors (Lipinski definition) is 2. The van der Waals surface area contributed by atoms with Crippen LogP contribution in [-0.2, 0) is 16.0 Å². The Hall–Kier alpha value is -2.64. The number of nitrogens with zero attached hydrogens (tertiary/aromatic N) is 1. The molecule has 1 aromatic rings. The van der Waals surface area contributed by atoms with Crippen molar-refractivity contribution in [3.8, 4) is 0 Å². The summed E-state index contributed by atoms with van der Waals surface area (Å²) in [6, 6.07) is 5.46. The highest BCUT2D eigenvalue weighted by Gasteiger charge is 2.26. The molecule has 0 saturated heterocycles. The topological polar surface area (TPSA) is 111 Å². The van der Waals surface area contributed by atoms with E-state index in [1.807, 2.05) is 13.8 Å². The minimum atomic E-state index is -0.707. The van der Waals surface area contributed by atoms with Crippen LogP contribution in [0.15, 0.2) is 24.3 Å². The predicted molar refractivity (Wildman–Crippen MR) is 97.8 cm³/mol. The van der Waals surface area contributed by atoms with Crippen molar-refractivity contribution in [1.82, 2.24) is 10.6 Å². The molecule has 1 rings (SSSR count). The molecule has 0 aliphatic carbocycles. The predicted octanol–water partition coefficient (Wildman–Crippen LogP) is 2.80. The molecule has 0 bridgehead atoms. The van der Waals surface area contributed by atoms with Crippen molar-refractivity contribution in [2.45, 2.75) is 52.7 Å². The van der Waals surface area contributed by atoms with Crippen LogP contribution in [-0.4, -0.2) is 35.1 Å². The van der Waals surface area contributed by atoms with Crippen LogP contribution < -0.4 is 10.6 Å². The molecule has 1 unspecified atom stereocenters. The molecule has 0 aliphatic heterocycles. The number of nitro groups is 1. The lowest BCUT2D eigenvalue weighted by Gasteiger charge is -2.25. The molecule has 0 aliphatic rings. The summed E-state index contributed by atoms with van der Waals surface area (Å²) in [4.78, 5) is 34.4. The third-order valence-electron chi connectivity index (χ3n) is 3.48. The highest BCUT2D eigenvalue weighted by Crippen LogP contribution is 2.12. The van der Waals surface area contributed by atoms with Gasteiger partial charge in [0.1, 0.15) is 11.6 Å². The van der Waals surface area contributed by atoms with Crippen molar-refractivity contribution >= 4 is 17.7 Å². The van der Waals surface area contributed by atoms with Gasteiger partial charge in [0.2, 0.25) is 5.91 Å². The zero-order chi connectivity index (χ0) is 19.9. The van der Waals surface area contributed by atoms with Crippen molar-refractivity contribution < 1.29 is 19.2 Å². The second kappa shape index (κ2) is 9.17. The lowest BCUT2D eigenvalue weighted by molar-refractivity contribution is -0.384. The average molecular weight is 365 g/mol. The van der Waals surface area contributed by atoms with Crippen LogP contribution in [0.4, 0.5) is 10.5 Å². The molecule has 2 N–H and O–H groups in total. The number of hydrogen-bond acceptors (Lipinski definition) is 5. The summed E-state index contributed by atoms with van der Waals surface area (Å²) in [5.41, 5.74) is 0.259. The van der Waals surface area contributed by atoms with Crippen LogP contribution in [0.5, 0.6) is 0 Å². The first-order valence-corrected chi connectivity index (χ1v) is 8.50. The average Bonchev–Trinajstić information content (AvgIpc) is 2.51. The van der Waals surface area contributed by atoms with Gasteiger partial charge in [0.15, 0.2) is 0 Å². The minimum absolute atomic E-state index is 0.0271. The van der Waals surface area contributed by atoms with Crippen molar-refractivity contribution in [3.05, 3.63) is 39.9 Å². The van der Waals surface area contributed by atoms with E-state index in [4.69, 9.17) is 4.74 Å². The normalized spacial score (nSPS) is 12.4. The van der Waals surface area contributed by atoms with Crippen molar-refractivity contribution in [1.29, 1.82) is 0 Å². The number of ether oxygens (including phenoxy) is 1. The molecule has 8 nitrogen and oxygen atoms in total. The van der Waals surface area contributed by atoms with Crippen LogP contribution in [0.25, 0.3) is 0 Å². The molecule has 8 heteroatoms. The van der Waals surface area contributed by atoms with E-state index in [0.29, 0.717) is 13.0 Å². The Bertz CT molecular complexity index is 635. The van der Waals surface area contributed by atoms with Gasteiger partial charge in [0, 0.05) is 18.7 Å². The molecule has 2 amide bonds. The number of carbonyl (C=O) groups is 2. The quantitative estimate of drug-likeness (QED) is 0.570. The van der Waals surface area contributed by atoms with Gasteiger partial charge in [-0.15, -0.1) is 0 Å². The van der Waals surface area contributed by atoms with E-state index >= 15 is 0 Å². The van der Waals surface area contributed by atoms with Gasteiger partial charge in [-0.1, -0.05) is 26.0 Å². The van der Waals surface area contributed by atoms with Gasteiger partial charge < -0.3 is 15.4 Å². The fourth-order valence-electron chi connectivity index (χ4n) is 2.19. The fourth-order valence-corrected chi connectivity index (χ4v) is 2.19. The first-order chi connectivity index (χ1) is 12.0. The Morgan fingerprint density at radius 3 is 2.23 bits per heavy atom. The zero-order valence-corrected chi connectivity index (χ0v) is 15.9. The van der Waals surface area contributed by atoms with Gasteiger partial charge in [-0.2, -0.15) is 0 Å². The van der Waals surface area contributed by atoms with Crippen molar-refractivity contribution in [3.63, 3.8) is 0 Å². The minimum Gasteiger partial charge on any atom is -0.444 e. The van der Waals surface area contributed by atoms with Gasteiger partial charge >= 0.3 is 6.09 Å². The number of non-ortho nitro benzene ring substituents is 1. The molecule has 26 heavy (non-hydrogen) atoms. The van der Waals surface area contributed by atoms with E-state index in [9.17, 15) is 19.7 Å². The number of nitrogens with one attached hydrogen (secondary N) is 2. The monoisotopic (exact) mass is 365 g/mol. The zero-order valence-electron chi connectivity index (χ0n) is 15.9. The Kier molecular flexibility index (Phi) is 7.55. The standard InChI is InChI=1S/C18H27N3O5/c1-12(2)15(20-17(23)26-18(3,4)5)16(22)19-11-10-13-6-8-14(9-7-13)21(24)25/h6-9,12,15H,10-11H2,1-5H3,(H,19,22)(H,20,23). The van der Waals surface area contributed by atoms with E-state index in [2.05, 4.69) is 10.6 Å². The molecule has 0 spiro atoms. The van der Waals surface area contributed by atoms with Gasteiger partial charge in [-0.25, -0.2) is 4.79 Å². The third kappa shape index (κ3) is 7.50. The van der Waals surface area contributed by atoms with Crippen LogP contribution in [0.1, 0.15) is 40.2 Å². The van der Waals surface area contributed by atoms with Crippen LogP contribution >= 0.6 is 0 Å². The SMILES string of the molecule is CC(C)C(NC(=O)OC(C)(C)C)C(=O)NCCc1ccc([N+](=O)[O-])cc1. The maximum atomic E-state index is 12.3. The van der Waals surface area contributed by atoms with Gasteiger partial charge in [-0.3, -0.25) is 14.9 Å². The summed E-state index contributed by atoms with van der Waals surface area (Å²) in [7, 11) is 0.